The summed E-state index contributed by atoms with van der Waals surface area (Å²) in [6.07, 6.45) is 0. The van der Waals surface area contributed by atoms with Gasteiger partial charge in [-0.2, -0.15) is 0 Å². The fourth-order valence-corrected chi connectivity index (χ4v) is 3.00. The number of anilines is 1. The van der Waals surface area contributed by atoms with Gasteiger partial charge in [0.05, 0.1) is 31.1 Å². The number of carbonyl (C=O) groups excluding carboxylic acids is 2. The summed E-state index contributed by atoms with van der Waals surface area (Å²) in [5.74, 6) is 0.176. The Balaban J connectivity index is 1.68. The molecule has 2 aromatic carbocycles. The summed E-state index contributed by atoms with van der Waals surface area (Å²) < 4.78 is 16.2. The molecule has 154 valence electrons. The average Bonchev–Trinajstić information content (AvgIpc) is 2.77. The van der Waals surface area contributed by atoms with Crippen LogP contribution in [0.1, 0.15) is 27.6 Å². The minimum absolute atomic E-state index is 0.114. The fraction of sp³-hybridized carbons (Fsp3) is 0.364. The summed E-state index contributed by atoms with van der Waals surface area (Å²) in [7, 11) is 0. The number of hydrogen-bond acceptors (Lipinski definition) is 5. The first-order chi connectivity index (χ1) is 14.2. The van der Waals surface area contributed by atoms with E-state index in [-0.39, 0.29) is 11.8 Å². The second-order valence-electron chi connectivity index (χ2n) is 6.48. The van der Waals surface area contributed by atoms with Crippen LogP contribution in [0, 0.1) is 0 Å². The van der Waals surface area contributed by atoms with Crippen LogP contribution < -0.4 is 10.1 Å². The Labute approximate surface area is 170 Å². The van der Waals surface area contributed by atoms with E-state index in [1.165, 1.54) is 0 Å². The monoisotopic (exact) mass is 398 g/mol. The zero-order valence-electron chi connectivity index (χ0n) is 16.6. The van der Waals surface area contributed by atoms with Crippen molar-refractivity contribution in [3.05, 3.63) is 59.7 Å². The third kappa shape index (κ3) is 5.79. The molecular formula is C22H26N2O5. The van der Waals surface area contributed by atoms with Crippen molar-refractivity contribution in [2.24, 2.45) is 0 Å². The van der Waals surface area contributed by atoms with Crippen LogP contribution in [0.4, 0.5) is 5.69 Å². The van der Waals surface area contributed by atoms with Crippen LogP contribution in [0.3, 0.4) is 0 Å². The summed E-state index contributed by atoms with van der Waals surface area (Å²) in [4.78, 5) is 27.3. The first kappa shape index (κ1) is 20.8. The number of carbonyl (C=O) groups is 2. The first-order valence-corrected chi connectivity index (χ1v) is 9.77. The lowest BCUT2D eigenvalue weighted by Gasteiger charge is -2.27. The third-order valence-electron chi connectivity index (χ3n) is 4.50. The lowest BCUT2D eigenvalue weighted by molar-refractivity contribution is 0.0303. The molecule has 29 heavy (non-hydrogen) atoms. The maximum absolute atomic E-state index is 12.9. The highest BCUT2D eigenvalue weighted by Gasteiger charge is 2.21. The van der Waals surface area contributed by atoms with E-state index >= 15 is 0 Å². The van der Waals surface area contributed by atoms with Crippen molar-refractivity contribution in [3.63, 3.8) is 0 Å². The van der Waals surface area contributed by atoms with Gasteiger partial charge in [0.25, 0.3) is 11.8 Å². The average molecular weight is 398 g/mol. The molecule has 1 saturated heterocycles. The number of para-hydroxylation sites is 1. The van der Waals surface area contributed by atoms with Crippen LogP contribution in [0.15, 0.2) is 48.5 Å². The van der Waals surface area contributed by atoms with Crippen LogP contribution in [0.2, 0.25) is 0 Å². The van der Waals surface area contributed by atoms with Gasteiger partial charge in [-0.25, -0.2) is 0 Å². The molecule has 2 amide bonds. The van der Waals surface area contributed by atoms with Gasteiger partial charge in [0.2, 0.25) is 0 Å². The Morgan fingerprint density at radius 3 is 2.66 bits per heavy atom. The summed E-state index contributed by atoms with van der Waals surface area (Å²) in [6, 6.07) is 14.0. The highest BCUT2D eigenvalue weighted by Crippen LogP contribution is 2.20. The normalized spacial score (nSPS) is 13.8. The standard InChI is InChI=1S/C22H26N2O5/c1-2-27-14-15-29-18-7-5-6-17(16-18)21(25)23-20-9-4-3-8-19(20)22(26)24-10-12-28-13-11-24/h3-9,16H,2,10-15H2,1H3,(H,23,25). The zero-order chi connectivity index (χ0) is 20.5. The molecule has 0 unspecified atom stereocenters. The predicted octanol–water partition coefficient (Wildman–Crippen LogP) is 2.83. The molecule has 0 saturated carbocycles. The minimum Gasteiger partial charge on any atom is -0.491 e. The number of rotatable bonds is 8. The molecule has 7 nitrogen and oxygen atoms in total. The molecule has 1 heterocycles. The molecule has 1 N–H and O–H groups in total. The van der Waals surface area contributed by atoms with E-state index < -0.39 is 0 Å². The second-order valence-corrected chi connectivity index (χ2v) is 6.48. The van der Waals surface area contributed by atoms with E-state index in [9.17, 15) is 9.59 Å². The van der Waals surface area contributed by atoms with Crippen LogP contribution in [-0.2, 0) is 9.47 Å². The van der Waals surface area contributed by atoms with E-state index in [1.54, 1.807) is 53.4 Å². The van der Waals surface area contributed by atoms with Gasteiger partial charge in [0, 0.05) is 25.3 Å². The fourth-order valence-electron chi connectivity index (χ4n) is 3.00. The summed E-state index contributed by atoms with van der Waals surface area (Å²) >= 11 is 0. The molecule has 0 bridgehead atoms. The summed E-state index contributed by atoms with van der Waals surface area (Å²) in [6.45, 7) is 5.60. The lowest BCUT2D eigenvalue weighted by Crippen LogP contribution is -2.41. The van der Waals surface area contributed by atoms with Gasteiger partial charge in [-0.15, -0.1) is 0 Å². The number of benzene rings is 2. The molecule has 2 aromatic rings. The van der Waals surface area contributed by atoms with Gasteiger partial charge in [0.15, 0.2) is 0 Å². The lowest BCUT2D eigenvalue weighted by atomic mass is 10.1. The topological polar surface area (TPSA) is 77.1 Å². The molecule has 1 aliphatic rings. The maximum atomic E-state index is 12.9. The number of nitrogens with one attached hydrogen (secondary N) is 1. The molecule has 1 fully saturated rings. The molecule has 0 spiro atoms. The Morgan fingerprint density at radius 2 is 1.86 bits per heavy atom. The van der Waals surface area contributed by atoms with Gasteiger partial charge in [0.1, 0.15) is 12.4 Å². The Kier molecular flexibility index (Phi) is 7.61. The van der Waals surface area contributed by atoms with Gasteiger partial charge in [-0.3, -0.25) is 9.59 Å². The molecule has 7 heteroatoms. The minimum atomic E-state index is -0.303. The van der Waals surface area contributed by atoms with Crippen molar-refractivity contribution < 1.29 is 23.8 Å². The van der Waals surface area contributed by atoms with E-state index in [1.807, 2.05) is 6.92 Å². The Hall–Kier alpha value is -2.90. The largest absolute Gasteiger partial charge is 0.491 e. The van der Waals surface area contributed by atoms with Crippen molar-refractivity contribution >= 4 is 17.5 Å². The molecule has 0 atom stereocenters. The van der Waals surface area contributed by atoms with Crippen LogP contribution in [-0.4, -0.2) is 62.8 Å². The van der Waals surface area contributed by atoms with Gasteiger partial charge >= 0.3 is 0 Å². The Morgan fingerprint density at radius 1 is 1.07 bits per heavy atom. The van der Waals surface area contributed by atoms with Crippen LogP contribution in [0.5, 0.6) is 5.75 Å². The highest BCUT2D eigenvalue weighted by atomic mass is 16.5. The predicted molar refractivity (Wildman–Crippen MR) is 110 cm³/mol. The van der Waals surface area contributed by atoms with Crippen molar-refractivity contribution in [3.8, 4) is 5.75 Å². The summed E-state index contributed by atoms with van der Waals surface area (Å²) in [5.41, 5.74) is 1.40. The van der Waals surface area contributed by atoms with E-state index in [2.05, 4.69) is 5.32 Å². The van der Waals surface area contributed by atoms with E-state index in [4.69, 9.17) is 14.2 Å². The number of morpholine rings is 1. The number of ether oxygens (including phenoxy) is 3. The molecule has 0 aromatic heterocycles. The van der Waals surface area contributed by atoms with Crippen LogP contribution >= 0.6 is 0 Å². The molecule has 0 radical (unpaired) electrons. The maximum Gasteiger partial charge on any atom is 0.256 e. The zero-order valence-corrected chi connectivity index (χ0v) is 16.6. The SMILES string of the molecule is CCOCCOc1cccc(C(=O)Nc2ccccc2C(=O)N2CCOCC2)c1. The smallest absolute Gasteiger partial charge is 0.256 e. The number of nitrogens with zero attached hydrogens (tertiary/aromatic N) is 1. The van der Waals surface area contributed by atoms with Crippen molar-refractivity contribution in [1.82, 2.24) is 4.90 Å². The second kappa shape index (κ2) is 10.6. The van der Waals surface area contributed by atoms with Crippen molar-refractivity contribution in [1.29, 1.82) is 0 Å². The van der Waals surface area contributed by atoms with Crippen LogP contribution in [0.25, 0.3) is 0 Å². The Bertz CT molecular complexity index is 833. The molecule has 3 rings (SSSR count). The highest BCUT2D eigenvalue weighted by molar-refractivity contribution is 6.09. The quantitative estimate of drug-likeness (QED) is 0.692. The molecule has 1 aliphatic heterocycles. The van der Waals surface area contributed by atoms with Crippen molar-refractivity contribution in [2.45, 2.75) is 6.92 Å². The van der Waals surface area contributed by atoms with Gasteiger partial charge in [-0.1, -0.05) is 18.2 Å². The first-order valence-electron chi connectivity index (χ1n) is 9.77. The number of amides is 2. The van der Waals surface area contributed by atoms with Crippen molar-refractivity contribution in [2.75, 3.05) is 51.4 Å². The molecular weight excluding hydrogens is 372 g/mol. The third-order valence-corrected chi connectivity index (χ3v) is 4.50. The van der Waals surface area contributed by atoms with Gasteiger partial charge in [-0.05, 0) is 37.3 Å². The summed E-state index contributed by atoms with van der Waals surface area (Å²) in [5, 5.41) is 2.85. The van der Waals surface area contributed by atoms with E-state index in [0.29, 0.717) is 68.7 Å². The number of hydrogen-bond donors (Lipinski definition) is 1. The van der Waals surface area contributed by atoms with Gasteiger partial charge < -0.3 is 24.4 Å². The van der Waals surface area contributed by atoms with E-state index in [0.717, 1.165) is 0 Å². The molecule has 0 aliphatic carbocycles.